The number of amides is 1. The molecule has 2 aliphatic carbocycles. The number of esters is 1. The summed E-state index contributed by atoms with van der Waals surface area (Å²) in [6.07, 6.45) is 8.19. The van der Waals surface area contributed by atoms with E-state index in [1.165, 1.54) is 31.2 Å². The van der Waals surface area contributed by atoms with Crippen molar-refractivity contribution in [3.05, 3.63) is 70.9 Å². The molecule has 0 aliphatic heterocycles. The van der Waals surface area contributed by atoms with Crippen molar-refractivity contribution in [1.29, 1.82) is 0 Å². The first-order valence-corrected chi connectivity index (χ1v) is 12.3. The average Bonchev–Trinajstić information content (AvgIpc) is 3.75. The van der Waals surface area contributed by atoms with Crippen LogP contribution in [0, 0.1) is 5.92 Å². The van der Waals surface area contributed by atoms with Gasteiger partial charge in [0.05, 0.1) is 19.8 Å². The zero-order valence-electron chi connectivity index (χ0n) is 19.8. The minimum atomic E-state index is -0.320. The maximum atomic E-state index is 12.9. The second-order valence-electron chi connectivity index (χ2n) is 9.08. The molecule has 0 spiro atoms. The second kappa shape index (κ2) is 11.8. The van der Waals surface area contributed by atoms with Crippen LogP contribution in [0.1, 0.15) is 66.4 Å². The van der Waals surface area contributed by atoms with E-state index in [-0.39, 0.29) is 18.4 Å². The summed E-state index contributed by atoms with van der Waals surface area (Å²) in [5.41, 5.74) is 3.59. The number of hydrogen-bond acceptors (Lipinski definition) is 5. The van der Waals surface area contributed by atoms with Crippen LogP contribution in [0.3, 0.4) is 0 Å². The molecule has 0 saturated heterocycles. The Bertz CT molecular complexity index is 990. The number of rotatable bonds is 13. The lowest BCUT2D eigenvalue weighted by molar-refractivity contribution is -0.141. The van der Waals surface area contributed by atoms with Gasteiger partial charge in [-0.15, -0.1) is 0 Å². The molecule has 2 N–H and O–H groups in total. The second-order valence-corrected chi connectivity index (χ2v) is 9.08. The molecule has 6 nitrogen and oxygen atoms in total. The molecule has 4 rings (SSSR count). The number of benzene rings is 2. The predicted molar refractivity (Wildman–Crippen MR) is 133 cm³/mol. The molecule has 2 saturated carbocycles. The minimum absolute atomic E-state index is 0.0779. The summed E-state index contributed by atoms with van der Waals surface area (Å²) in [5, 5.41) is 6.05. The Hall–Kier alpha value is -3.12. The quantitative estimate of drug-likeness (QED) is 0.423. The summed E-state index contributed by atoms with van der Waals surface area (Å²) in [6, 6.07) is 15.7. The van der Waals surface area contributed by atoms with Crippen molar-refractivity contribution in [2.75, 3.05) is 26.3 Å². The fourth-order valence-electron chi connectivity index (χ4n) is 3.80. The number of nitrogens with one attached hydrogen (secondary N) is 2. The van der Waals surface area contributed by atoms with Crippen LogP contribution in [0.5, 0.6) is 5.75 Å². The first-order chi connectivity index (χ1) is 16.6. The Morgan fingerprint density at radius 1 is 0.971 bits per heavy atom. The van der Waals surface area contributed by atoms with Gasteiger partial charge in [0.25, 0.3) is 5.91 Å². The molecule has 0 unspecified atom stereocenters. The van der Waals surface area contributed by atoms with Crippen molar-refractivity contribution in [3.63, 3.8) is 0 Å². The van der Waals surface area contributed by atoms with E-state index in [9.17, 15) is 9.59 Å². The topological polar surface area (TPSA) is 76.7 Å². The highest BCUT2D eigenvalue weighted by atomic mass is 16.5. The Kier molecular flexibility index (Phi) is 8.36. The molecular formula is C28H34N2O4. The molecule has 34 heavy (non-hydrogen) atoms. The van der Waals surface area contributed by atoms with Gasteiger partial charge in [0.1, 0.15) is 5.75 Å². The first-order valence-electron chi connectivity index (χ1n) is 12.3. The molecule has 2 aromatic rings. The van der Waals surface area contributed by atoms with Gasteiger partial charge < -0.3 is 20.1 Å². The molecule has 180 valence electrons. The summed E-state index contributed by atoms with van der Waals surface area (Å²) < 4.78 is 10.8. The zero-order chi connectivity index (χ0) is 23.8. The van der Waals surface area contributed by atoms with Crippen molar-refractivity contribution in [2.24, 2.45) is 5.92 Å². The van der Waals surface area contributed by atoms with Gasteiger partial charge in [0.2, 0.25) is 0 Å². The fraction of sp³-hybridized carbons (Fsp3) is 0.429. The third-order valence-corrected chi connectivity index (χ3v) is 6.10. The SMILES string of the molecule is CCOC(=O)CNC/C(=C\c1ccc(C2CC2)cc1)NC(=O)c1ccc(OCCC2CC2)cc1. The Morgan fingerprint density at radius 2 is 1.71 bits per heavy atom. The molecular weight excluding hydrogens is 428 g/mol. The molecule has 0 heterocycles. The largest absolute Gasteiger partial charge is 0.494 e. The monoisotopic (exact) mass is 462 g/mol. The minimum Gasteiger partial charge on any atom is -0.494 e. The molecule has 0 bridgehead atoms. The number of ether oxygens (including phenoxy) is 2. The van der Waals surface area contributed by atoms with Gasteiger partial charge in [-0.3, -0.25) is 9.59 Å². The standard InChI is InChI=1S/C28H34N2O4/c1-2-33-27(31)19-29-18-25(17-21-5-7-22(8-6-21)23-9-10-23)30-28(32)24-11-13-26(14-12-24)34-16-15-20-3-4-20/h5-8,11-14,17,20,23,29H,2-4,9-10,15-16,18-19H2,1H3,(H,30,32)/b25-17+. The number of carbonyl (C=O) groups is 2. The van der Waals surface area contributed by atoms with Crippen LogP contribution in [0.25, 0.3) is 6.08 Å². The van der Waals surface area contributed by atoms with Gasteiger partial charge in [-0.05, 0) is 79.5 Å². The first kappa shape index (κ1) is 24.0. The fourth-order valence-corrected chi connectivity index (χ4v) is 3.80. The van der Waals surface area contributed by atoms with E-state index in [1.807, 2.05) is 18.2 Å². The highest BCUT2D eigenvalue weighted by Gasteiger charge is 2.23. The van der Waals surface area contributed by atoms with Crippen molar-refractivity contribution in [2.45, 2.75) is 44.9 Å². The van der Waals surface area contributed by atoms with Crippen LogP contribution >= 0.6 is 0 Å². The van der Waals surface area contributed by atoms with Crippen LogP contribution < -0.4 is 15.4 Å². The van der Waals surface area contributed by atoms with Gasteiger partial charge in [-0.2, -0.15) is 0 Å². The lowest BCUT2D eigenvalue weighted by atomic mass is 10.1. The van der Waals surface area contributed by atoms with E-state index in [0.717, 1.165) is 30.3 Å². The summed E-state index contributed by atoms with van der Waals surface area (Å²) >= 11 is 0. The lowest BCUT2D eigenvalue weighted by Crippen LogP contribution is -2.33. The lowest BCUT2D eigenvalue weighted by Gasteiger charge is -2.12. The van der Waals surface area contributed by atoms with E-state index in [0.29, 0.717) is 30.3 Å². The third-order valence-electron chi connectivity index (χ3n) is 6.10. The Morgan fingerprint density at radius 3 is 2.35 bits per heavy atom. The van der Waals surface area contributed by atoms with Gasteiger partial charge in [-0.1, -0.05) is 37.1 Å². The van der Waals surface area contributed by atoms with Crippen LogP contribution in [0.2, 0.25) is 0 Å². The van der Waals surface area contributed by atoms with Crippen LogP contribution in [-0.2, 0) is 9.53 Å². The molecule has 2 fully saturated rings. The van der Waals surface area contributed by atoms with E-state index < -0.39 is 0 Å². The van der Waals surface area contributed by atoms with Crippen molar-refractivity contribution < 1.29 is 19.1 Å². The smallest absolute Gasteiger partial charge is 0.319 e. The molecule has 0 atom stereocenters. The van der Waals surface area contributed by atoms with E-state index >= 15 is 0 Å². The maximum Gasteiger partial charge on any atom is 0.319 e. The zero-order valence-corrected chi connectivity index (χ0v) is 19.8. The van der Waals surface area contributed by atoms with E-state index in [2.05, 4.69) is 34.9 Å². The van der Waals surface area contributed by atoms with E-state index in [1.54, 1.807) is 19.1 Å². The van der Waals surface area contributed by atoms with Gasteiger partial charge in [0, 0.05) is 17.8 Å². The molecule has 1 amide bonds. The summed E-state index contributed by atoms with van der Waals surface area (Å²) in [4.78, 5) is 24.6. The maximum absolute atomic E-state index is 12.9. The average molecular weight is 463 g/mol. The summed E-state index contributed by atoms with van der Waals surface area (Å²) in [6.45, 7) is 3.24. The van der Waals surface area contributed by atoms with Gasteiger partial charge >= 0.3 is 5.97 Å². The molecule has 6 heteroatoms. The Balaban J connectivity index is 1.37. The van der Waals surface area contributed by atoms with Crippen LogP contribution in [0.15, 0.2) is 54.2 Å². The normalized spacial score (nSPS) is 15.6. The highest BCUT2D eigenvalue weighted by molar-refractivity contribution is 5.96. The van der Waals surface area contributed by atoms with Gasteiger partial charge in [-0.25, -0.2) is 0 Å². The molecule has 0 radical (unpaired) electrons. The summed E-state index contributed by atoms with van der Waals surface area (Å²) in [7, 11) is 0. The van der Waals surface area contributed by atoms with Crippen LogP contribution in [0.4, 0.5) is 0 Å². The third kappa shape index (κ3) is 7.73. The highest BCUT2D eigenvalue weighted by Crippen LogP contribution is 2.40. The predicted octanol–water partition coefficient (Wildman–Crippen LogP) is 4.67. The number of hydrogen-bond donors (Lipinski definition) is 2. The molecule has 2 aromatic carbocycles. The van der Waals surface area contributed by atoms with Gasteiger partial charge in [0.15, 0.2) is 0 Å². The van der Waals surface area contributed by atoms with Crippen LogP contribution in [-0.4, -0.2) is 38.2 Å². The summed E-state index contributed by atoms with van der Waals surface area (Å²) in [5.74, 6) is 1.78. The van der Waals surface area contributed by atoms with E-state index in [4.69, 9.17) is 9.47 Å². The van der Waals surface area contributed by atoms with Crippen molar-refractivity contribution in [3.8, 4) is 5.75 Å². The number of carbonyl (C=O) groups excluding carboxylic acids is 2. The van der Waals surface area contributed by atoms with Crippen molar-refractivity contribution >= 4 is 18.0 Å². The van der Waals surface area contributed by atoms with Crippen molar-refractivity contribution in [1.82, 2.24) is 10.6 Å². The molecule has 0 aromatic heterocycles. The molecule has 2 aliphatic rings. The Labute approximate surface area is 201 Å².